The minimum Gasteiger partial charge on any atom is -0.353 e. The summed E-state index contributed by atoms with van der Waals surface area (Å²) in [6.45, 7) is 1.25. The van der Waals surface area contributed by atoms with Crippen molar-refractivity contribution in [2.24, 2.45) is 5.92 Å². The van der Waals surface area contributed by atoms with Crippen molar-refractivity contribution in [2.75, 3.05) is 13.2 Å². The molecule has 2 atom stereocenters. The van der Waals surface area contributed by atoms with Crippen molar-refractivity contribution in [3.63, 3.8) is 0 Å². The zero-order chi connectivity index (χ0) is 9.90. The van der Waals surface area contributed by atoms with Crippen molar-refractivity contribution in [3.8, 4) is 0 Å². The highest BCUT2D eigenvalue weighted by molar-refractivity contribution is 4.62. The molecule has 1 aliphatic heterocycles. The van der Waals surface area contributed by atoms with E-state index in [1.54, 1.807) is 0 Å². The zero-order valence-electron chi connectivity index (χ0n) is 7.43. The number of hydrogen-bond donors (Lipinski definition) is 0. The lowest BCUT2D eigenvalue weighted by Crippen LogP contribution is -2.30. The maximum atomic E-state index is 11.7. The van der Waals surface area contributed by atoms with Crippen LogP contribution < -0.4 is 0 Å². The monoisotopic (exact) mass is 198 g/mol. The molecule has 2 nitrogen and oxygen atoms in total. The summed E-state index contributed by atoms with van der Waals surface area (Å²) in [6.07, 6.45) is -3.49. The quantitative estimate of drug-likeness (QED) is 0.678. The Morgan fingerprint density at radius 3 is 2.69 bits per heavy atom. The molecule has 0 saturated carbocycles. The van der Waals surface area contributed by atoms with Crippen LogP contribution in [0.5, 0.6) is 0 Å². The fourth-order valence-corrected chi connectivity index (χ4v) is 1.22. The van der Waals surface area contributed by atoms with Crippen LogP contribution in [0.1, 0.15) is 19.8 Å². The third kappa shape index (κ3) is 4.47. The van der Waals surface area contributed by atoms with E-state index < -0.39 is 19.1 Å². The summed E-state index contributed by atoms with van der Waals surface area (Å²) in [5.74, 6) is 0.381. The molecule has 0 unspecified atom stereocenters. The van der Waals surface area contributed by atoms with Crippen molar-refractivity contribution >= 4 is 0 Å². The number of halogens is 3. The Labute approximate surface area is 75.0 Å². The van der Waals surface area contributed by atoms with Gasteiger partial charge in [0.15, 0.2) is 6.29 Å². The summed E-state index contributed by atoms with van der Waals surface area (Å²) >= 11 is 0. The number of alkyl halides is 3. The van der Waals surface area contributed by atoms with E-state index in [1.807, 2.05) is 6.92 Å². The molecule has 1 heterocycles. The van der Waals surface area contributed by atoms with Crippen molar-refractivity contribution in [2.45, 2.75) is 32.2 Å². The Morgan fingerprint density at radius 2 is 2.15 bits per heavy atom. The van der Waals surface area contributed by atoms with Gasteiger partial charge in [-0.15, -0.1) is 0 Å². The highest BCUT2D eigenvalue weighted by Crippen LogP contribution is 2.22. The number of hydrogen-bond acceptors (Lipinski definition) is 2. The molecular formula is C8H13F3O2. The molecule has 1 fully saturated rings. The van der Waals surface area contributed by atoms with E-state index in [0.717, 1.165) is 6.42 Å². The standard InChI is InChI=1S/C8H13F3O2/c1-6-2-3-12-7(4-6)13-5-8(9,10)11/h6-7H,2-5H2,1H3/t6-,7-/m0/s1. The van der Waals surface area contributed by atoms with Gasteiger partial charge in [0.05, 0.1) is 0 Å². The third-order valence-corrected chi connectivity index (χ3v) is 1.94. The SMILES string of the molecule is C[C@H]1CCO[C@@H](OCC(F)(F)F)C1. The van der Waals surface area contributed by atoms with Crippen LogP contribution >= 0.6 is 0 Å². The fraction of sp³-hybridized carbons (Fsp3) is 1.00. The summed E-state index contributed by atoms with van der Waals surface area (Å²) in [6, 6.07) is 0. The lowest BCUT2D eigenvalue weighted by molar-refractivity contribution is -0.241. The highest BCUT2D eigenvalue weighted by Gasteiger charge is 2.30. The minimum absolute atomic E-state index is 0.381. The summed E-state index contributed by atoms with van der Waals surface area (Å²) in [4.78, 5) is 0. The predicted octanol–water partition coefficient (Wildman–Crippen LogP) is 2.34. The van der Waals surface area contributed by atoms with Gasteiger partial charge in [0.2, 0.25) is 0 Å². The van der Waals surface area contributed by atoms with Gasteiger partial charge in [-0.25, -0.2) is 0 Å². The molecule has 0 N–H and O–H groups in total. The van der Waals surface area contributed by atoms with Crippen LogP contribution in [0.4, 0.5) is 13.2 Å². The second kappa shape index (κ2) is 4.28. The maximum Gasteiger partial charge on any atom is 0.411 e. The van der Waals surface area contributed by atoms with Crippen molar-refractivity contribution < 1.29 is 22.6 Å². The fourth-order valence-electron chi connectivity index (χ4n) is 1.22. The van der Waals surface area contributed by atoms with E-state index in [0.29, 0.717) is 18.9 Å². The van der Waals surface area contributed by atoms with Crippen LogP contribution in [0.25, 0.3) is 0 Å². The van der Waals surface area contributed by atoms with Gasteiger partial charge in [0, 0.05) is 13.0 Å². The molecule has 5 heteroatoms. The Kier molecular flexibility index (Phi) is 3.55. The average molecular weight is 198 g/mol. The molecular weight excluding hydrogens is 185 g/mol. The van der Waals surface area contributed by atoms with E-state index >= 15 is 0 Å². The van der Waals surface area contributed by atoms with Crippen molar-refractivity contribution in [1.29, 1.82) is 0 Å². The van der Waals surface area contributed by atoms with Gasteiger partial charge in [-0.2, -0.15) is 13.2 Å². The molecule has 0 amide bonds. The Bertz CT molecular complexity index is 158. The Hall–Kier alpha value is -0.290. The molecule has 13 heavy (non-hydrogen) atoms. The second-order valence-corrected chi connectivity index (χ2v) is 3.36. The highest BCUT2D eigenvalue weighted by atomic mass is 19.4. The minimum atomic E-state index is -4.26. The van der Waals surface area contributed by atoms with E-state index in [4.69, 9.17) is 4.74 Å². The Morgan fingerprint density at radius 1 is 1.46 bits per heavy atom. The van der Waals surface area contributed by atoms with Crippen molar-refractivity contribution in [1.82, 2.24) is 0 Å². The van der Waals surface area contributed by atoms with E-state index in [-0.39, 0.29) is 0 Å². The summed E-state index contributed by atoms with van der Waals surface area (Å²) < 4.78 is 44.8. The van der Waals surface area contributed by atoms with Crippen molar-refractivity contribution in [3.05, 3.63) is 0 Å². The summed E-state index contributed by atoms with van der Waals surface area (Å²) in [5.41, 5.74) is 0. The van der Waals surface area contributed by atoms with Crippen LogP contribution in [0.3, 0.4) is 0 Å². The zero-order valence-corrected chi connectivity index (χ0v) is 7.43. The average Bonchev–Trinajstić information content (AvgIpc) is 2.00. The first kappa shape index (κ1) is 10.8. The predicted molar refractivity (Wildman–Crippen MR) is 40.1 cm³/mol. The molecule has 0 spiro atoms. The number of ether oxygens (including phenoxy) is 2. The molecule has 1 aliphatic rings. The molecule has 0 radical (unpaired) electrons. The van der Waals surface area contributed by atoms with Gasteiger partial charge in [0.25, 0.3) is 0 Å². The van der Waals surface area contributed by atoms with Crippen LogP contribution in [0.15, 0.2) is 0 Å². The van der Waals surface area contributed by atoms with Gasteiger partial charge >= 0.3 is 6.18 Å². The van der Waals surface area contributed by atoms with Crippen LogP contribution in [-0.2, 0) is 9.47 Å². The lowest BCUT2D eigenvalue weighted by atomic mass is 10.0. The van der Waals surface area contributed by atoms with Gasteiger partial charge in [-0.1, -0.05) is 6.92 Å². The molecule has 0 aliphatic carbocycles. The van der Waals surface area contributed by atoms with E-state index in [9.17, 15) is 13.2 Å². The molecule has 78 valence electrons. The maximum absolute atomic E-state index is 11.7. The van der Waals surface area contributed by atoms with E-state index in [1.165, 1.54) is 0 Å². The van der Waals surface area contributed by atoms with Gasteiger partial charge < -0.3 is 9.47 Å². The van der Waals surface area contributed by atoms with Gasteiger partial charge in [-0.3, -0.25) is 0 Å². The first-order valence-electron chi connectivity index (χ1n) is 4.27. The molecule has 0 aromatic heterocycles. The first-order valence-corrected chi connectivity index (χ1v) is 4.27. The summed E-state index contributed by atoms with van der Waals surface area (Å²) in [7, 11) is 0. The first-order chi connectivity index (χ1) is 5.97. The van der Waals surface area contributed by atoms with Crippen LogP contribution in [0.2, 0.25) is 0 Å². The molecule has 0 aromatic carbocycles. The smallest absolute Gasteiger partial charge is 0.353 e. The van der Waals surface area contributed by atoms with Gasteiger partial charge in [0.1, 0.15) is 6.61 Å². The van der Waals surface area contributed by atoms with Crippen LogP contribution in [-0.4, -0.2) is 25.7 Å². The Balaban J connectivity index is 2.21. The largest absolute Gasteiger partial charge is 0.411 e. The molecule has 0 bridgehead atoms. The second-order valence-electron chi connectivity index (χ2n) is 3.36. The molecule has 1 saturated heterocycles. The normalized spacial score (nSPS) is 30.5. The van der Waals surface area contributed by atoms with E-state index in [2.05, 4.69) is 4.74 Å². The summed E-state index contributed by atoms with van der Waals surface area (Å²) in [5, 5.41) is 0. The molecule has 1 rings (SSSR count). The molecule has 0 aromatic rings. The van der Waals surface area contributed by atoms with Gasteiger partial charge in [-0.05, 0) is 12.3 Å². The number of rotatable bonds is 2. The van der Waals surface area contributed by atoms with Crippen LogP contribution in [0, 0.1) is 5.92 Å². The lowest BCUT2D eigenvalue weighted by Gasteiger charge is -2.27. The topological polar surface area (TPSA) is 18.5 Å². The third-order valence-electron chi connectivity index (χ3n) is 1.94.